The largest absolute Gasteiger partial charge is 0.465 e. The van der Waals surface area contributed by atoms with E-state index in [0.717, 1.165) is 23.3 Å². The van der Waals surface area contributed by atoms with Crippen LogP contribution in [-0.4, -0.2) is 32.1 Å². The lowest BCUT2D eigenvalue weighted by Crippen LogP contribution is -2.24. The predicted octanol–water partition coefficient (Wildman–Crippen LogP) is 2.24. The van der Waals surface area contributed by atoms with Gasteiger partial charge in [0.2, 0.25) is 0 Å². The summed E-state index contributed by atoms with van der Waals surface area (Å²) in [6.45, 7) is 8.64. The van der Waals surface area contributed by atoms with Crippen LogP contribution >= 0.6 is 11.3 Å². The molecule has 0 aliphatic rings. The standard InChI is InChI=1S/C14H21N3O3S/c1-5-6-16-12(18)11-10(15)9(14(19)20-4)13(21-11)17-7-8(2)3/h17H,2,5-7,15H2,1,3-4H3,(H,16,18). The molecular weight excluding hydrogens is 290 g/mol. The van der Waals surface area contributed by atoms with E-state index in [2.05, 4.69) is 17.2 Å². The van der Waals surface area contributed by atoms with E-state index in [4.69, 9.17) is 10.5 Å². The lowest BCUT2D eigenvalue weighted by molar-refractivity contribution is 0.0603. The maximum Gasteiger partial charge on any atom is 0.343 e. The van der Waals surface area contributed by atoms with Gasteiger partial charge in [0.05, 0.1) is 12.8 Å². The van der Waals surface area contributed by atoms with E-state index >= 15 is 0 Å². The molecule has 1 rings (SSSR count). The van der Waals surface area contributed by atoms with Crippen molar-refractivity contribution in [2.75, 3.05) is 31.2 Å². The van der Waals surface area contributed by atoms with Crippen molar-refractivity contribution in [1.82, 2.24) is 5.32 Å². The molecule has 0 atom stereocenters. The summed E-state index contributed by atoms with van der Waals surface area (Å²) in [6, 6.07) is 0. The molecule has 0 saturated carbocycles. The van der Waals surface area contributed by atoms with Crippen LogP contribution in [-0.2, 0) is 4.74 Å². The number of nitrogens with one attached hydrogen (secondary N) is 2. The number of hydrogen-bond donors (Lipinski definition) is 3. The molecule has 6 nitrogen and oxygen atoms in total. The van der Waals surface area contributed by atoms with Crippen LogP contribution in [0.2, 0.25) is 0 Å². The second-order valence-electron chi connectivity index (χ2n) is 4.61. The molecule has 0 aliphatic heterocycles. The van der Waals surface area contributed by atoms with Crippen molar-refractivity contribution >= 4 is 33.9 Å². The fraction of sp³-hybridized carbons (Fsp3) is 0.429. The lowest BCUT2D eigenvalue weighted by Gasteiger charge is -2.06. The van der Waals surface area contributed by atoms with Gasteiger partial charge < -0.3 is 21.1 Å². The molecule has 0 bridgehead atoms. The van der Waals surface area contributed by atoms with Crippen molar-refractivity contribution in [3.63, 3.8) is 0 Å². The Bertz CT molecular complexity index is 552. The lowest BCUT2D eigenvalue weighted by atomic mass is 10.2. The molecule has 0 unspecified atom stereocenters. The van der Waals surface area contributed by atoms with Gasteiger partial charge in [0.1, 0.15) is 15.4 Å². The summed E-state index contributed by atoms with van der Waals surface area (Å²) in [6.07, 6.45) is 0.821. The number of nitrogen functional groups attached to an aromatic ring is 1. The molecule has 116 valence electrons. The maximum absolute atomic E-state index is 12.1. The van der Waals surface area contributed by atoms with Crippen LogP contribution in [0, 0.1) is 0 Å². The quantitative estimate of drug-likeness (QED) is 0.530. The highest BCUT2D eigenvalue weighted by Gasteiger charge is 2.25. The predicted molar refractivity (Wildman–Crippen MR) is 86.0 cm³/mol. The first-order chi connectivity index (χ1) is 9.92. The first-order valence-corrected chi connectivity index (χ1v) is 7.41. The fourth-order valence-corrected chi connectivity index (χ4v) is 2.61. The Labute approximate surface area is 128 Å². The monoisotopic (exact) mass is 311 g/mol. The Balaban J connectivity index is 3.13. The highest BCUT2D eigenvalue weighted by molar-refractivity contribution is 7.19. The first-order valence-electron chi connectivity index (χ1n) is 6.59. The molecule has 1 aromatic rings. The van der Waals surface area contributed by atoms with Crippen molar-refractivity contribution in [3.05, 3.63) is 22.6 Å². The summed E-state index contributed by atoms with van der Waals surface area (Å²) in [5, 5.41) is 6.32. The summed E-state index contributed by atoms with van der Waals surface area (Å²) in [5.74, 6) is -0.851. The summed E-state index contributed by atoms with van der Waals surface area (Å²) in [7, 11) is 1.28. The van der Waals surface area contributed by atoms with Crippen molar-refractivity contribution in [3.8, 4) is 0 Å². The number of thiophene rings is 1. The van der Waals surface area contributed by atoms with Crippen LogP contribution in [0.5, 0.6) is 0 Å². The number of methoxy groups -OCH3 is 1. The number of nitrogens with two attached hydrogens (primary N) is 1. The Morgan fingerprint density at radius 3 is 2.62 bits per heavy atom. The highest BCUT2D eigenvalue weighted by Crippen LogP contribution is 2.36. The summed E-state index contributed by atoms with van der Waals surface area (Å²) in [5.41, 5.74) is 7.19. The van der Waals surface area contributed by atoms with Crippen LogP contribution in [0.3, 0.4) is 0 Å². The Hall–Kier alpha value is -2.02. The molecule has 0 spiro atoms. The van der Waals surface area contributed by atoms with E-state index in [9.17, 15) is 9.59 Å². The van der Waals surface area contributed by atoms with Crippen LogP contribution < -0.4 is 16.4 Å². The average Bonchev–Trinajstić information content (AvgIpc) is 2.78. The zero-order valence-corrected chi connectivity index (χ0v) is 13.4. The third-order valence-corrected chi connectivity index (χ3v) is 3.79. The number of esters is 1. The maximum atomic E-state index is 12.1. The minimum Gasteiger partial charge on any atom is -0.465 e. The molecule has 1 aromatic heterocycles. The molecule has 7 heteroatoms. The second-order valence-corrected chi connectivity index (χ2v) is 5.63. The first kappa shape index (κ1) is 17.0. The number of anilines is 2. The SMILES string of the molecule is C=C(C)CNc1sc(C(=O)NCCC)c(N)c1C(=O)OC. The van der Waals surface area contributed by atoms with Crippen molar-refractivity contribution in [2.45, 2.75) is 20.3 Å². The molecule has 0 aromatic carbocycles. The minimum absolute atomic E-state index is 0.143. The number of amides is 1. The van der Waals surface area contributed by atoms with Gasteiger partial charge in [0, 0.05) is 13.1 Å². The molecular formula is C14H21N3O3S. The van der Waals surface area contributed by atoms with E-state index in [-0.39, 0.29) is 17.2 Å². The van der Waals surface area contributed by atoms with Gasteiger partial charge in [-0.15, -0.1) is 11.3 Å². The van der Waals surface area contributed by atoms with E-state index in [0.29, 0.717) is 23.0 Å². The van der Waals surface area contributed by atoms with Crippen LogP contribution in [0.1, 0.15) is 40.3 Å². The highest BCUT2D eigenvalue weighted by atomic mass is 32.1. The van der Waals surface area contributed by atoms with Crippen molar-refractivity contribution in [2.24, 2.45) is 0 Å². The smallest absolute Gasteiger partial charge is 0.343 e. The van der Waals surface area contributed by atoms with E-state index in [1.807, 2.05) is 13.8 Å². The number of carbonyl (C=O) groups excluding carboxylic acids is 2. The van der Waals surface area contributed by atoms with Crippen LogP contribution in [0.4, 0.5) is 10.7 Å². The van der Waals surface area contributed by atoms with E-state index < -0.39 is 5.97 Å². The molecule has 1 amide bonds. The summed E-state index contributed by atoms with van der Waals surface area (Å²) >= 11 is 1.14. The zero-order valence-electron chi connectivity index (χ0n) is 12.5. The van der Waals surface area contributed by atoms with Gasteiger partial charge in [-0.1, -0.05) is 19.1 Å². The molecule has 21 heavy (non-hydrogen) atoms. The van der Waals surface area contributed by atoms with Gasteiger partial charge in [-0.2, -0.15) is 0 Å². The van der Waals surface area contributed by atoms with Gasteiger partial charge in [0.25, 0.3) is 5.91 Å². The van der Waals surface area contributed by atoms with Gasteiger partial charge >= 0.3 is 5.97 Å². The van der Waals surface area contributed by atoms with E-state index in [1.54, 1.807) is 0 Å². The molecule has 0 radical (unpaired) electrons. The third-order valence-electron chi connectivity index (χ3n) is 2.63. The average molecular weight is 311 g/mol. The molecule has 1 heterocycles. The van der Waals surface area contributed by atoms with Gasteiger partial charge in [0.15, 0.2) is 0 Å². The normalized spacial score (nSPS) is 10.0. The Kier molecular flexibility index (Phi) is 6.23. The Morgan fingerprint density at radius 1 is 1.43 bits per heavy atom. The number of ether oxygens (including phenoxy) is 1. The fourth-order valence-electron chi connectivity index (χ4n) is 1.59. The van der Waals surface area contributed by atoms with Crippen LogP contribution in [0.25, 0.3) is 0 Å². The minimum atomic E-state index is -0.567. The van der Waals surface area contributed by atoms with Crippen molar-refractivity contribution in [1.29, 1.82) is 0 Å². The van der Waals surface area contributed by atoms with Crippen molar-refractivity contribution < 1.29 is 14.3 Å². The summed E-state index contributed by atoms with van der Waals surface area (Å²) in [4.78, 5) is 24.2. The van der Waals surface area contributed by atoms with Gasteiger partial charge in [-0.05, 0) is 13.3 Å². The number of rotatable bonds is 7. The summed E-state index contributed by atoms with van der Waals surface area (Å²) < 4.78 is 4.73. The van der Waals surface area contributed by atoms with Gasteiger partial charge in [-0.25, -0.2) is 4.79 Å². The van der Waals surface area contributed by atoms with E-state index in [1.165, 1.54) is 7.11 Å². The number of carbonyl (C=O) groups is 2. The Morgan fingerprint density at radius 2 is 2.10 bits per heavy atom. The molecule has 0 saturated heterocycles. The van der Waals surface area contributed by atoms with Crippen LogP contribution in [0.15, 0.2) is 12.2 Å². The zero-order chi connectivity index (χ0) is 16.0. The molecule has 4 N–H and O–H groups in total. The van der Waals surface area contributed by atoms with Gasteiger partial charge in [-0.3, -0.25) is 4.79 Å². The topological polar surface area (TPSA) is 93.5 Å². The number of hydrogen-bond acceptors (Lipinski definition) is 6. The molecule has 0 aliphatic carbocycles. The molecule has 0 fully saturated rings. The third kappa shape index (κ3) is 4.22. The second kappa shape index (κ2) is 7.68.